The normalized spacial score (nSPS) is 15.9. The topological polar surface area (TPSA) is 55.7 Å². The van der Waals surface area contributed by atoms with Crippen molar-refractivity contribution in [2.45, 2.75) is 45.8 Å². The van der Waals surface area contributed by atoms with Gasteiger partial charge in [0.2, 0.25) is 0 Å². The van der Waals surface area contributed by atoms with Gasteiger partial charge in [0.25, 0.3) is 5.91 Å². The number of aryl methyl sites for hydroxylation is 1. The molecule has 7 heteroatoms. The fourth-order valence-corrected chi connectivity index (χ4v) is 5.77. The maximum atomic E-state index is 13.8. The number of thiophene rings is 1. The Bertz CT molecular complexity index is 1160. The number of benzene rings is 1. The highest BCUT2D eigenvalue weighted by atomic mass is 32.1. The summed E-state index contributed by atoms with van der Waals surface area (Å²) in [5, 5.41) is 5.53. The SMILES string of the molecule is COc1cc2c(cc1OC(C)C)-c1c(-c3cccs3)cc(C(=O)N3CCCNCCC3)n1CC2. The van der Waals surface area contributed by atoms with Gasteiger partial charge in [-0.3, -0.25) is 4.79 Å². The first-order chi connectivity index (χ1) is 16.6. The van der Waals surface area contributed by atoms with E-state index in [-0.39, 0.29) is 12.0 Å². The number of ether oxygens (including phenoxy) is 2. The molecule has 1 N–H and O–H groups in total. The van der Waals surface area contributed by atoms with E-state index in [1.165, 1.54) is 10.4 Å². The van der Waals surface area contributed by atoms with Crippen molar-refractivity contribution in [1.82, 2.24) is 14.8 Å². The third-order valence-corrected chi connectivity index (χ3v) is 7.47. The molecular weight excluding hydrogens is 446 g/mol. The minimum absolute atomic E-state index is 0.0397. The molecule has 6 nitrogen and oxygen atoms in total. The summed E-state index contributed by atoms with van der Waals surface area (Å²) in [5.74, 6) is 1.64. The quantitative estimate of drug-likeness (QED) is 0.556. The number of carbonyl (C=O) groups is 1. The van der Waals surface area contributed by atoms with E-state index in [4.69, 9.17) is 9.47 Å². The number of rotatable bonds is 5. The molecule has 0 aliphatic carbocycles. The van der Waals surface area contributed by atoms with Crippen LogP contribution in [0.2, 0.25) is 0 Å². The minimum atomic E-state index is 0.0397. The van der Waals surface area contributed by atoms with Crippen molar-refractivity contribution in [2.75, 3.05) is 33.3 Å². The molecule has 4 heterocycles. The predicted molar refractivity (Wildman–Crippen MR) is 137 cm³/mol. The Morgan fingerprint density at radius 1 is 1.06 bits per heavy atom. The standard InChI is InChI=1S/C27H33N3O3S/c1-18(2)33-24-17-20-19(15-23(24)32-3)8-13-30-22(16-21(26(20)30)25-7-4-14-34-25)27(31)29-11-5-9-28-10-6-12-29/h4,7,14-18,28H,5-6,8-13H2,1-3H3. The average Bonchev–Trinajstić information content (AvgIpc) is 3.45. The number of fused-ring (bicyclic) bond motifs is 3. The zero-order chi connectivity index (χ0) is 23.7. The van der Waals surface area contributed by atoms with Gasteiger partial charge in [0.1, 0.15) is 5.69 Å². The maximum absolute atomic E-state index is 13.8. The molecule has 0 unspecified atom stereocenters. The van der Waals surface area contributed by atoms with Crippen molar-refractivity contribution < 1.29 is 14.3 Å². The summed E-state index contributed by atoms with van der Waals surface area (Å²) in [6.07, 6.45) is 2.85. The third-order valence-electron chi connectivity index (χ3n) is 6.57. The van der Waals surface area contributed by atoms with Gasteiger partial charge in [-0.2, -0.15) is 0 Å². The fraction of sp³-hybridized carbons (Fsp3) is 0.444. The lowest BCUT2D eigenvalue weighted by Gasteiger charge is -2.28. The third kappa shape index (κ3) is 4.34. The monoisotopic (exact) mass is 479 g/mol. The molecule has 0 radical (unpaired) electrons. The van der Waals surface area contributed by atoms with Crippen molar-refractivity contribution in [1.29, 1.82) is 0 Å². The zero-order valence-corrected chi connectivity index (χ0v) is 21.0. The van der Waals surface area contributed by atoms with E-state index in [1.54, 1.807) is 18.4 Å². The van der Waals surface area contributed by atoms with E-state index in [1.807, 2.05) is 18.7 Å². The number of hydrogen-bond acceptors (Lipinski definition) is 5. The number of aromatic nitrogens is 1. The maximum Gasteiger partial charge on any atom is 0.270 e. The summed E-state index contributed by atoms with van der Waals surface area (Å²) in [6.45, 7) is 8.33. The molecular formula is C27H33N3O3S. The Morgan fingerprint density at radius 3 is 2.53 bits per heavy atom. The number of amides is 1. The molecule has 0 atom stereocenters. The highest BCUT2D eigenvalue weighted by molar-refractivity contribution is 7.13. The molecule has 2 aliphatic heterocycles. The second-order valence-electron chi connectivity index (χ2n) is 9.25. The number of nitrogens with zero attached hydrogens (tertiary/aromatic N) is 2. The lowest BCUT2D eigenvalue weighted by atomic mass is 9.95. The van der Waals surface area contributed by atoms with Gasteiger partial charge in [-0.15, -0.1) is 11.3 Å². The van der Waals surface area contributed by atoms with Crippen molar-refractivity contribution in [2.24, 2.45) is 0 Å². The van der Waals surface area contributed by atoms with Crippen LogP contribution in [0.25, 0.3) is 21.7 Å². The molecule has 2 aliphatic rings. The Balaban J connectivity index is 1.64. The van der Waals surface area contributed by atoms with Crippen molar-refractivity contribution in [3.05, 3.63) is 47.0 Å². The lowest BCUT2D eigenvalue weighted by molar-refractivity contribution is 0.0734. The molecule has 1 amide bonds. The molecule has 0 bridgehead atoms. The van der Waals surface area contributed by atoms with E-state index in [0.29, 0.717) is 0 Å². The zero-order valence-electron chi connectivity index (χ0n) is 20.2. The summed E-state index contributed by atoms with van der Waals surface area (Å²) >= 11 is 1.71. The number of hydrogen-bond donors (Lipinski definition) is 1. The van der Waals surface area contributed by atoms with Crippen LogP contribution >= 0.6 is 11.3 Å². The lowest BCUT2D eigenvalue weighted by Crippen LogP contribution is -2.39. The van der Waals surface area contributed by atoms with Crippen LogP contribution in [0.15, 0.2) is 35.7 Å². The highest BCUT2D eigenvalue weighted by Gasteiger charge is 2.30. The van der Waals surface area contributed by atoms with Crippen molar-refractivity contribution in [3.63, 3.8) is 0 Å². The van der Waals surface area contributed by atoms with Gasteiger partial charge in [-0.05, 0) is 81.4 Å². The molecule has 180 valence electrons. The minimum Gasteiger partial charge on any atom is -0.493 e. The van der Waals surface area contributed by atoms with Crippen LogP contribution in [-0.2, 0) is 13.0 Å². The molecule has 5 rings (SSSR count). The molecule has 1 fully saturated rings. The second-order valence-corrected chi connectivity index (χ2v) is 10.2. The second kappa shape index (κ2) is 9.84. The largest absolute Gasteiger partial charge is 0.493 e. The molecule has 34 heavy (non-hydrogen) atoms. The van der Waals surface area contributed by atoms with Crippen LogP contribution in [0.3, 0.4) is 0 Å². The van der Waals surface area contributed by atoms with Crippen LogP contribution in [0, 0.1) is 0 Å². The van der Waals surface area contributed by atoms with Gasteiger partial charge in [0, 0.05) is 35.6 Å². The van der Waals surface area contributed by atoms with E-state index in [9.17, 15) is 4.79 Å². The van der Waals surface area contributed by atoms with Gasteiger partial charge in [0.05, 0.1) is 18.9 Å². The molecule has 1 aromatic carbocycles. The van der Waals surface area contributed by atoms with Gasteiger partial charge >= 0.3 is 0 Å². The molecule has 0 spiro atoms. The first-order valence-corrected chi connectivity index (χ1v) is 13.1. The van der Waals surface area contributed by atoms with Crippen LogP contribution in [-0.4, -0.2) is 54.8 Å². The Labute approximate surface area is 205 Å². The number of methoxy groups -OCH3 is 1. The van der Waals surface area contributed by atoms with Crippen LogP contribution in [0.4, 0.5) is 0 Å². The number of nitrogens with one attached hydrogen (secondary N) is 1. The van der Waals surface area contributed by atoms with E-state index >= 15 is 0 Å². The summed E-state index contributed by atoms with van der Waals surface area (Å²) < 4.78 is 14.0. The summed E-state index contributed by atoms with van der Waals surface area (Å²) in [4.78, 5) is 17.0. The van der Waals surface area contributed by atoms with Gasteiger partial charge < -0.3 is 24.3 Å². The van der Waals surface area contributed by atoms with E-state index in [0.717, 1.165) is 86.0 Å². The summed E-state index contributed by atoms with van der Waals surface area (Å²) in [5.41, 5.74) is 5.38. The van der Waals surface area contributed by atoms with Crippen LogP contribution in [0.5, 0.6) is 11.5 Å². The Morgan fingerprint density at radius 2 is 1.85 bits per heavy atom. The Kier molecular flexibility index (Phi) is 6.66. The van der Waals surface area contributed by atoms with Crippen LogP contribution in [0.1, 0.15) is 42.7 Å². The van der Waals surface area contributed by atoms with Crippen LogP contribution < -0.4 is 14.8 Å². The van der Waals surface area contributed by atoms with Gasteiger partial charge in [0.15, 0.2) is 11.5 Å². The first kappa shape index (κ1) is 23.0. The van der Waals surface area contributed by atoms with Crippen molar-refractivity contribution >= 4 is 17.2 Å². The highest BCUT2D eigenvalue weighted by Crippen LogP contribution is 2.45. The number of carbonyl (C=O) groups excluding carboxylic acids is 1. The molecule has 1 saturated heterocycles. The average molecular weight is 480 g/mol. The molecule has 2 aromatic heterocycles. The van der Waals surface area contributed by atoms with Gasteiger partial charge in [-0.25, -0.2) is 0 Å². The smallest absolute Gasteiger partial charge is 0.270 e. The molecule has 3 aromatic rings. The van der Waals surface area contributed by atoms with Gasteiger partial charge in [-0.1, -0.05) is 6.07 Å². The Hall–Kier alpha value is -2.77. The molecule has 0 saturated carbocycles. The summed E-state index contributed by atoms with van der Waals surface area (Å²) in [6, 6.07) is 10.5. The fourth-order valence-electron chi connectivity index (χ4n) is 5.03. The first-order valence-electron chi connectivity index (χ1n) is 12.2. The summed E-state index contributed by atoms with van der Waals surface area (Å²) in [7, 11) is 1.69. The van der Waals surface area contributed by atoms with E-state index in [2.05, 4.69) is 45.6 Å². The predicted octanol–water partition coefficient (Wildman–Crippen LogP) is 5.06. The van der Waals surface area contributed by atoms with Crippen molar-refractivity contribution in [3.8, 4) is 33.2 Å². The van der Waals surface area contributed by atoms with E-state index < -0.39 is 0 Å².